The lowest BCUT2D eigenvalue weighted by atomic mass is 10.1. The van der Waals surface area contributed by atoms with Gasteiger partial charge in [0.1, 0.15) is 0 Å². The van der Waals surface area contributed by atoms with Crippen LogP contribution in [0.5, 0.6) is 0 Å². The highest BCUT2D eigenvalue weighted by atomic mass is 16.5. The number of ether oxygens (including phenoxy) is 1. The number of unbranched alkanes of at least 4 members (excludes halogenated alkanes) is 8. The maximum atomic E-state index is 9.00. The molecule has 0 spiro atoms. The minimum absolute atomic E-state index is 0.0398. The topological polar surface area (TPSA) is 29.5 Å². The van der Waals surface area contributed by atoms with Gasteiger partial charge in [-0.1, -0.05) is 69.8 Å². The molecule has 0 saturated heterocycles. The number of hydrogen-bond acceptors (Lipinski definition) is 2. The Hall–Kier alpha value is -0.600. The molecule has 0 rings (SSSR count). The van der Waals surface area contributed by atoms with E-state index < -0.39 is 0 Å². The van der Waals surface area contributed by atoms with Crippen molar-refractivity contribution in [3.63, 3.8) is 0 Å². The third-order valence-corrected chi connectivity index (χ3v) is 4.01. The van der Waals surface area contributed by atoms with Gasteiger partial charge in [0.25, 0.3) is 0 Å². The fourth-order valence-electron chi connectivity index (χ4n) is 2.47. The van der Waals surface area contributed by atoms with Crippen molar-refractivity contribution in [1.29, 1.82) is 0 Å². The molecule has 0 aromatic rings. The summed E-state index contributed by atoms with van der Waals surface area (Å²) in [4.78, 5) is 0. The molecule has 0 radical (unpaired) electrons. The van der Waals surface area contributed by atoms with E-state index in [0.29, 0.717) is 0 Å². The molecule has 0 aliphatic carbocycles. The highest BCUT2D eigenvalue weighted by molar-refractivity contribution is 4.92. The Morgan fingerprint density at radius 1 is 0.818 bits per heavy atom. The molecule has 0 aliphatic rings. The van der Waals surface area contributed by atoms with Crippen LogP contribution in [0.1, 0.15) is 84.0 Å². The van der Waals surface area contributed by atoms with Crippen LogP contribution >= 0.6 is 0 Å². The van der Waals surface area contributed by atoms with Gasteiger partial charge in [-0.15, -0.1) is 0 Å². The van der Waals surface area contributed by atoms with Crippen LogP contribution in [0.3, 0.4) is 0 Å². The zero-order valence-corrected chi connectivity index (χ0v) is 14.9. The highest BCUT2D eigenvalue weighted by Crippen LogP contribution is 2.10. The lowest BCUT2D eigenvalue weighted by Crippen LogP contribution is -2.14. The predicted molar refractivity (Wildman–Crippen MR) is 97.2 cm³/mol. The molecular formula is C20H38O2. The third-order valence-electron chi connectivity index (χ3n) is 4.01. The Balaban J connectivity index is 3.23. The molecule has 2 heteroatoms. The summed E-state index contributed by atoms with van der Waals surface area (Å²) in [5.74, 6) is 0. The molecule has 0 fully saturated rings. The Kier molecular flexibility index (Phi) is 17.9. The van der Waals surface area contributed by atoms with Gasteiger partial charge in [0.15, 0.2) is 0 Å². The van der Waals surface area contributed by atoms with Crippen molar-refractivity contribution in [2.75, 3.05) is 13.7 Å². The monoisotopic (exact) mass is 310 g/mol. The van der Waals surface area contributed by atoms with Gasteiger partial charge < -0.3 is 9.84 Å². The van der Waals surface area contributed by atoms with Crippen LogP contribution in [0, 0.1) is 0 Å². The molecule has 0 aromatic heterocycles. The van der Waals surface area contributed by atoms with Crippen LogP contribution in [0.2, 0.25) is 0 Å². The van der Waals surface area contributed by atoms with Gasteiger partial charge in [-0.25, -0.2) is 0 Å². The smallest absolute Gasteiger partial charge is 0.0802 e. The Morgan fingerprint density at radius 2 is 1.41 bits per heavy atom. The molecule has 0 aromatic carbocycles. The van der Waals surface area contributed by atoms with E-state index in [-0.39, 0.29) is 12.7 Å². The predicted octanol–water partition coefficient (Wildman–Crippen LogP) is 5.81. The molecule has 130 valence electrons. The third kappa shape index (κ3) is 15.8. The van der Waals surface area contributed by atoms with Gasteiger partial charge >= 0.3 is 0 Å². The number of aliphatic hydroxyl groups excluding tert-OH is 1. The van der Waals surface area contributed by atoms with Crippen LogP contribution in [0.25, 0.3) is 0 Å². The summed E-state index contributed by atoms with van der Waals surface area (Å²) in [5.41, 5.74) is 0. The van der Waals surface area contributed by atoms with E-state index in [4.69, 9.17) is 9.84 Å². The number of methoxy groups -OCH3 is 1. The second-order valence-corrected chi connectivity index (χ2v) is 6.06. The van der Waals surface area contributed by atoms with Gasteiger partial charge in [0.2, 0.25) is 0 Å². The molecule has 0 heterocycles. The van der Waals surface area contributed by atoms with Crippen LogP contribution in [-0.2, 0) is 4.74 Å². The molecule has 0 bridgehead atoms. The summed E-state index contributed by atoms with van der Waals surface area (Å²) in [6.45, 7) is 2.40. The second kappa shape index (κ2) is 18.4. The largest absolute Gasteiger partial charge is 0.394 e. The molecule has 2 nitrogen and oxygen atoms in total. The number of hydrogen-bond donors (Lipinski definition) is 1. The summed E-state index contributed by atoms with van der Waals surface area (Å²) in [6, 6.07) is 0. The summed E-state index contributed by atoms with van der Waals surface area (Å²) in [7, 11) is 1.67. The first-order chi connectivity index (χ1) is 10.8. The van der Waals surface area contributed by atoms with Crippen LogP contribution in [0.4, 0.5) is 0 Å². The average molecular weight is 311 g/mol. The van der Waals surface area contributed by atoms with E-state index in [1.807, 2.05) is 0 Å². The minimum atomic E-state index is 0.0398. The van der Waals surface area contributed by atoms with Crippen LogP contribution in [0.15, 0.2) is 24.3 Å². The molecule has 22 heavy (non-hydrogen) atoms. The van der Waals surface area contributed by atoms with E-state index in [1.54, 1.807) is 7.11 Å². The quantitative estimate of drug-likeness (QED) is 0.288. The van der Waals surface area contributed by atoms with Crippen molar-refractivity contribution in [2.45, 2.75) is 90.1 Å². The standard InChI is InChI=1S/C20H38O2/c1-3-4-5-6-7-8-9-10-11-12-13-14-15-16-17-18-20(19-21)22-2/h7-8,10-11,20-21H,3-6,9,12-19H2,1-2H3/b8-7-,11-10-. The molecule has 0 saturated carbocycles. The number of rotatable bonds is 16. The van der Waals surface area contributed by atoms with Crippen LogP contribution < -0.4 is 0 Å². The molecule has 0 amide bonds. The van der Waals surface area contributed by atoms with Gasteiger partial charge in [-0.2, -0.15) is 0 Å². The lowest BCUT2D eigenvalue weighted by Gasteiger charge is -2.11. The van der Waals surface area contributed by atoms with Crippen LogP contribution in [-0.4, -0.2) is 24.9 Å². The van der Waals surface area contributed by atoms with Crippen molar-refractivity contribution in [1.82, 2.24) is 0 Å². The Morgan fingerprint density at radius 3 is 2.00 bits per heavy atom. The average Bonchev–Trinajstić information content (AvgIpc) is 2.55. The molecule has 1 N–H and O–H groups in total. The van der Waals surface area contributed by atoms with E-state index in [1.165, 1.54) is 57.8 Å². The van der Waals surface area contributed by atoms with E-state index in [2.05, 4.69) is 31.2 Å². The number of allylic oxidation sites excluding steroid dienone is 4. The lowest BCUT2D eigenvalue weighted by molar-refractivity contribution is 0.0415. The second-order valence-electron chi connectivity index (χ2n) is 6.06. The summed E-state index contributed by atoms with van der Waals surface area (Å²) >= 11 is 0. The van der Waals surface area contributed by atoms with Crippen molar-refractivity contribution < 1.29 is 9.84 Å². The summed E-state index contributed by atoms with van der Waals surface area (Å²) in [5, 5.41) is 9.00. The first-order valence-corrected chi connectivity index (χ1v) is 9.28. The van der Waals surface area contributed by atoms with Gasteiger partial charge in [0, 0.05) is 7.11 Å². The zero-order chi connectivity index (χ0) is 16.3. The summed E-state index contributed by atoms with van der Waals surface area (Å²) in [6.07, 6.45) is 24.1. The molecule has 1 unspecified atom stereocenters. The molecular weight excluding hydrogens is 272 g/mol. The maximum Gasteiger partial charge on any atom is 0.0802 e. The van der Waals surface area contributed by atoms with Crippen molar-refractivity contribution in [3.8, 4) is 0 Å². The molecule has 1 atom stereocenters. The Bertz CT molecular complexity index is 254. The van der Waals surface area contributed by atoms with E-state index >= 15 is 0 Å². The van der Waals surface area contributed by atoms with Crippen molar-refractivity contribution in [2.24, 2.45) is 0 Å². The maximum absolute atomic E-state index is 9.00. The van der Waals surface area contributed by atoms with E-state index in [9.17, 15) is 0 Å². The minimum Gasteiger partial charge on any atom is -0.394 e. The normalized spacial score (nSPS) is 13.4. The first kappa shape index (κ1) is 21.4. The van der Waals surface area contributed by atoms with E-state index in [0.717, 1.165) is 19.3 Å². The van der Waals surface area contributed by atoms with Gasteiger partial charge in [-0.3, -0.25) is 0 Å². The highest BCUT2D eigenvalue weighted by Gasteiger charge is 2.03. The fraction of sp³-hybridized carbons (Fsp3) is 0.800. The number of aliphatic hydroxyl groups is 1. The fourth-order valence-corrected chi connectivity index (χ4v) is 2.47. The SMILES string of the molecule is CCCCC/C=C\C/C=C\CCCCCCCC(CO)OC. The first-order valence-electron chi connectivity index (χ1n) is 9.28. The zero-order valence-electron chi connectivity index (χ0n) is 14.9. The summed E-state index contributed by atoms with van der Waals surface area (Å²) < 4.78 is 5.15. The molecule has 0 aliphatic heterocycles. The van der Waals surface area contributed by atoms with Crippen molar-refractivity contribution in [3.05, 3.63) is 24.3 Å². The van der Waals surface area contributed by atoms with Gasteiger partial charge in [-0.05, 0) is 38.5 Å². The Labute approximate surface area is 138 Å². The van der Waals surface area contributed by atoms with Crippen molar-refractivity contribution >= 4 is 0 Å². The van der Waals surface area contributed by atoms with Gasteiger partial charge in [0.05, 0.1) is 12.7 Å².